The summed E-state index contributed by atoms with van der Waals surface area (Å²) in [7, 11) is 0. The molecule has 8 heteroatoms. The number of amides is 2. The van der Waals surface area contributed by atoms with Crippen molar-refractivity contribution >= 4 is 68.7 Å². The van der Waals surface area contributed by atoms with Gasteiger partial charge in [-0.25, -0.2) is 0 Å². The summed E-state index contributed by atoms with van der Waals surface area (Å²) in [5, 5.41) is 2.87. The van der Waals surface area contributed by atoms with Gasteiger partial charge in [0.15, 0.2) is 4.32 Å². The van der Waals surface area contributed by atoms with E-state index in [-0.39, 0.29) is 10.2 Å². The van der Waals surface area contributed by atoms with E-state index in [2.05, 4.69) is 16.1 Å². The van der Waals surface area contributed by atoms with E-state index < -0.39 is 5.91 Å². The molecule has 0 radical (unpaired) electrons. The Hall–Kier alpha value is -3.39. The third kappa shape index (κ3) is 4.50. The highest BCUT2D eigenvalue weighted by molar-refractivity contribution is 8.26. The number of para-hydroxylation sites is 1. The fourth-order valence-electron chi connectivity index (χ4n) is 4.09. The lowest BCUT2D eigenvalue weighted by Crippen LogP contribution is -2.44. The predicted octanol–water partition coefficient (Wildman–Crippen LogP) is 6.20. The van der Waals surface area contributed by atoms with Crippen LogP contribution in [0.3, 0.4) is 0 Å². The van der Waals surface area contributed by atoms with Gasteiger partial charge < -0.3 is 4.57 Å². The molecule has 0 saturated carbocycles. The van der Waals surface area contributed by atoms with Gasteiger partial charge in [-0.15, -0.1) is 0 Å². The molecule has 2 heterocycles. The molecule has 1 aliphatic rings. The lowest BCUT2D eigenvalue weighted by molar-refractivity contribution is -0.123. The van der Waals surface area contributed by atoms with Gasteiger partial charge in [0.1, 0.15) is 0 Å². The van der Waals surface area contributed by atoms with E-state index in [1.807, 2.05) is 61.5 Å². The van der Waals surface area contributed by atoms with E-state index in [4.69, 9.17) is 23.8 Å². The third-order valence-corrected chi connectivity index (χ3v) is 7.56. The maximum atomic E-state index is 13.2. The molecule has 1 aliphatic heterocycles. The van der Waals surface area contributed by atoms with E-state index in [1.165, 1.54) is 11.8 Å². The van der Waals surface area contributed by atoms with Crippen LogP contribution >= 0.6 is 35.6 Å². The summed E-state index contributed by atoms with van der Waals surface area (Å²) in [4.78, 5) is 26.2. The van der Waals surface area contributed by atoms with Crippen molar-refractivity contribution in [3.63, 3.8) is 0 Å². The largest absolute Gasteiger partial charge is 0.340 e. The Balaban J connectivity index is 1.49. The van der Waals surface area contributed by atoms with Gasteiger partial charge in [0.2, 0.25) is 0 Å². The second-order valence-electron chi connectivity index (χ2n) is 8.02. The average molecular weight is 518 g/mol. The standard InChI is InChI=1S/C27H20ClN3O2S2/c1-17-21(20-12-6-8-14-23(20)30(17)16-19-11-5-7-13-22(19)28)15-24-26(33)31(27(34)35-24)29-25(32)18-9-3-2-4-10-18/h2-15H,16H2,1H3,(H,29,32)/b24-15-. The Bertz CT molecular complexity index is 1510. The number of fused-ring (bicyclic) bond motifs is 1. The highest BCUT2D eigenvalue weighted by Crippen LogP contribution is 2.35. The first-order chi connectivity index (χ1) is 16.9. The van der Waals surface area contributed by atoms with Gasteiger partial charge >= 0.3 is 0 Å². The van der Waals surface area contributed by atoms with E-state index in [9.17, 15) is 9.59 Å². The summed E-state index contributed by atoms with van der Waals surface area (Å²) in [6, 6.07) is 24.6. The van der Waals surface area contributed by atoms with Gasteiger partial charge in [-0.1, -0.05) is 78.0 Å². The number of carbonyl (C=O) groups excluding carboxylic acids is 2. The monoisotopic (exact) mass is 517 g/mol. The lowest BCUT2D eigenvalue weighted by atomic mass is 10.1. The zero-order chi connectivity index (χ0) is 24.5. The van der Waals surface area contributed by atoms with E-state index >= 15 is 0 Å². The van der Waals surface area contributed by atoms with Crippen LogP contribution in [0.15, 0.2) is 83.8 Å². The van der Waals surface area contributed by atoms with Crippen LogP contribution < -0.4 is 5.43 Å². The minimum atomic E-state index is -0.393. The van der Waals surface area contributed by atoms with Crippen LogP contribution in [0.5, 0.6) is 0 Å². The first-order valence-electron chi connectivity index (χ1n) is 10.9. The summed E-state index contributed by atoms with van der Waals surface area (Å²) in [5.74, 6) is -0.748. The summed E-state index contributed by atoms with van der Waals surface area (Å²) < 4.78 is 2.48. The van der Waals surface area contributed by atoms with Crippen molar-refractivity contribution in [3.05, 3.63) is 111 Å². The van der Waals surface area contributed by atoms with E-state index in [0.29, 0.717) is 22.0 Å². The smallest absolute Gasteiger partial charge is 0.285 e. The molecular formula is C27H20ClN3O2S2. The SMILES string of the molecule is Cc1c(/C=C2\SC(=S)N(NC(=O)c3ccccc3)C2=O)c2ccccc2n1Cc1ccccc1Cl. The van der Waals surface area contributed by atoms with Crippen LogP contribution in [0.25, 0.3) is 17.0 Å². The Morgan fingerprint density at radius 3 is 2.49 bits per heavy atom. The minimum Gasteiger partial charge on any atom is -0.340 e. The molecule has 0 aliphatic carbocycles. The molecule has 1 N–H and O–H groups in total. The number of thioether (sulfide) groups is 1. The predicted molar refractivity (Wildman–Crippen MR) is 146 cm³/mol. The maximum Gasteiger partial charge on any atom is 0.285 e. The molecular weight excluding hydrogens is 498 g/mol. The van der Waals surface area contributed by atoms with Crippen LogP contribution in [0.2, 0.25) is 5.02 Å². The highest BCUT2D eigenvalue weighted by Gasteiger charge is 2.34. The van der Waals surface area contributed by atoms with Crippen molar-refractivity contribution < 1.29 is 9.59 Å². The van der Waals surface area contributed by atoms with Gasteiger partial charge in [-0.3, -0.25) is 15.0 Å². The first kappa shape index (κ1) is 23.4. The number of hydrazine groups is 1. The van der Waals surface area contributed by atoms with Gasteiger partial charge in [0.05, 0.1) is 4.91 Å². The fourth-order valence-corrected chi connectivity index (χ4v) is 5.45. The fraction of sp³-hybridized carbons (Fsp3) is 0.0741. The quantitative estimate of drug-likeness (QED) is 0.253. The molecule has 174 valence electrons. The second-order valence-corrected chi connectivity index (χ2v) is 10.1. The molecule has 2 amide bonds. The van der Waals surface area contributed by atoms with Crippen molar-refractivity contribution in [2.24, 2.45) is 0 Å². The van der Waals surface area contributed by atoms with Crippen molar-refractivity contribution in [1.29, 1.82) is 0 Å². The number of thiocarbonyl (C=S) groups is 1. The Morgan fingerprint density at radius 2 is 1.71 bits per heavy atom. The lowest BCUT2D eigenvalue weighted by Gasteiger charge is -2.15. The van der Waals surface area contributed by atoms with Crippen molar-refractivity contribution in [3.8, 4) is 0 Å². The third-order valence-electron chi connectivity index (χ3n) is 5.88. The number of carbonyl (C=O) groups is 2. The summed E-state index contributed by atoms with van der Waals surface area (Å²) >= 11 is 13.0. The molecule has 4 aromatic rings. The molecule has 0 bridgehead atoms. The van der Waals surface area contributed by atoms with Gasteiger partial charge in [0.25, 0.3) is 11.8 Å². The van der Waals surface area contributed by atoms with Gasteiger partial charge in [0, 0.05) is 39.3 Å². The number of hydrogen-bond donors (Lipinski definition) is 1. The molecule has 0 spiro atoms. The number of halogens is 1. The van der Waals surface area contributed by atoms with Crippen LogP contribution in [0.1, 0.15) is 27.2 Å². The van der Waals surface area contributed by atoms with E-state index in [0.717, 1.165) is 32.7 Å². The maximum absolute atomic E-state index is 13.2. The molecule has 1 fully saturated rings. The topological polar surface area (TPSA) is 54.3 Å². The molecule has 1 saturated heterocycles. The van der Waals surface area contributed by atoms with Gasteiger partial charge in [-0.05, 0) is 55.0 Å². The molecule has 5 rings (SSSR count). The Morgan fingerprint density at radius 1 is 1.03 bits per heavy atom. The van der Waals surface area contributed by atoms with Crippen molar-refractivity contribution in [1.82, 2.24) is 15.0 Å². The van der Waals surface area contributed by atoms with E-state index in [1.54, 1.807) is 24.3 Å². The summed E-state index contributed by atoms with van der Waals surface area (Å²) in [6.07, 6.45) is 1.86. The molecule has 1 aromatic heterocycles. The summed E-state index contributed by atoms with van der Waals surface area (Å²) in [6.45, 7) is 2.63. The van der Waals surface area contributed by atoms with Crippen LogP contribution in [-0.4, -0.2) is 25.7 Å². The zero-order valence-corrected chi connectivity index (χ0v) is 21.1. The molecule has 0 unspecified atom stereocenters. The summed E-state index contributed by atoms with van der Waals surface area (Å²) in [5.41, 5.74) is 7.07. The number of nitrogens with zero attached hydrogens (tertiary/aromatic N) is 2. The molecule has 5 nitrogen and oxygen atoms in total. The zero-order valence-electron chi connectivity index (χ0n) is 18.7. The number of nitrogens with one attached hydrogen (secondary N) is 1. The number of hydrogen-bond acceptors (Lipinski definition) is 4. The van der Waals surface area contributed by atoms with Crippen molar-refractivity contribution in [2.75, 3.05) is 0 Å². The molecule has 0 atom stereocenters. The highest BCUT2D eigenvalue weighted by atomic mass is 35.5. The minimum absolute atomic E-state index is 0.281. The normalized spacial score (nSPS) is 14.8. The second kappa shape index (κ2) is 9.70. The number of rotatable bonds is 5. The van der Waals surface area contributed by atoms with Gasteiger partial charge in [-0.2, -0.15) is 5.01 Å². The van der Waals surface area contributed by atoms with Crippen molar-refractivity contribution in [2.45, 2.75) is 13.5 Å². The number of aromatic nitrogens is 1. The van der Waals surface area contributed by atoms with Crippen LogP contribution in [-0.2, 0) is 11.3 Å². The molecule has 35 heavy (non-hydrogen) atoms. The first-order valence-corrected chi connectivity index (χ1v) is 12.5. The number of benzene rings is 3. The Kier molecular flexibility index (Phi) is 6.47. The van der Waals surface area contributed by atoms with Crippen LogP contribution in [0, 0.1) is 6.92 Å². The van der Waals surface area contributed by atoms with Crippen LogP contribution in [0.4, 0.5) is 0 Å². The Labute approximate surface area is 217 Å². The molecule has 3 aromatic carbocycles. The average Bonchev–Trinajstić information content (AvgIpc) is 3.29.